The fourth-order valence-electron chi connectivity index (χ4n) is 2.98. The molecule has 1 N–H and O–H groups in total. The molecule has 8 heteroatoms. The van der Waals surface area contributed by atoms with Crippen LogP contribution in [0.2, 0.25) is 0 Å². The summed E-state index contributed by atoms with van der Waals surface area (Å²) in [5, 5.41) is 17.4. The normalized spacial score (nSPS) is 17.6. The average molecular weight is 364 g/mol. The lowest BCUT2D eigenvalue weighted by atomic mass is 10.1. The van der Waals surface area contributed by atoms with Crippen LogP contribution in [0.15, 0.2) is 30.5 Å². The second kappa shape index (κ2) is 7.97. The number of aromatic hydroxyl groups is 1. The Balaban J connectivity index is 1.44. The molecule has 7 nitrogen and oxygen atoms in total. The number of rotatable bonds is 7. The Bertz CT molecular complexity index is 772. The zero-order chi connectivity index (χ0) is 17.7. The van der Waals surface area contributed by atoms with Crippen molar-refractivity contribution in [1.29, 1.82) is 0 Å². The molecule has 1 aliphatic rings. The summed E-state index contributed by atoms with van der Waals surface area (Å²) in [6.45, 7) is 2.66. The second-order valence-corrected chi connectivity index (χ2v) is 8.80. The number of hydrogen-bond donors (Lipinski definition) is 1. The predicted molar refractivity (Wildman–Crippen MR) is 95.0 cm³/mol. The highest BCUT2D eigenvalue weighted by molar-refractivity contribution is 7.91. The number of benzene rings is 1. The van der Waals surface area contributed by atoms with Crippen LogP contribution in [0.3, 0.4) is 0 Å². The summed E-state index contributed by atoms with van der Waals surface area (Å²) in [5.41, 5.74) is 2.25. The van der Waals surface area contributed by atoms with Crippen molar-refractivity contribution in [1.82, 2.24) is 19.9 Å². The van der Waals surface area contributed by atoms with Crippen LogP contribution in [0, 0.1) is 0 Å². The molecule has 0 spiro atoms. The largest absolute Gasteiger partial charge is 0.508 e. The summed E-state index contributed by atoms with van der Waals surface area (Å²) in [5.74, 6) is 0.768. The minimum Gasteiger partial charge on any atom is -0.508 e. The number of hydrogen-bond acceptors (Lipinski definition) is 6. The first-order valence-electron chi connectivity index (χ1n) is 8.60. The van der Waals surface area contributed by atoms with Crippen LogP contribution in [0.5, 0.6) is 5.75 Å². The molecule has 136 valence electrons. The van der Waals surface area contributed by atoms with E-state index in [1.165, 1.54) is 5.56 Å². The lowest BCUT2D eigenvalue weighted by molar-refractivity contribution is 0.277. The Morgan fingerprint density at radius 3 is 2.52 bits per heavy atom. The number of aryl methyl sites for hydroxylation is 2. The van der Waals surface area contributed by atoms with Gasteiger partial charge in [0.15, 0.2) is 9.84 Å². The van der Waals surface area contributed by atoms with Crippen molar-refractivity contribution in [2.45, 2.75) is 32.4 Å². The van der Waals surface area contributed by atoms with E-state index < -0.39 is 9.84 Å². The third-order valence-electron chi connectivity index (χ3n) is 4.54. The van der Waals surface area contributed by atoms with Gasteiger partial charge in [-0.15, -0.1) is 5.10 Å². The Hall–Kier alpha value is -1.93. The molecule has 1 aromatic heterocycles. The maximum atomic E-state index is 11.5. The molecule has 1 saturated heterocycles. The number of phenols is 1. The van der Waals surface area contributed by atoms with Gasteiger partial charge in [-0.1, -0.05) is 17.3 Å². The molecular weight excluding hydrogens is 340 g/mol. The Kier molecular flexibility index (Phi) is 5.70. The Labute approximate surface area is 148 Å². The van der Waals surface area contributed by atoms with E-state index in [4.69, 9.17) is 0 Å². The van der Waals surface area contributed by atoms with Crippen LogP contribution < -0.4 is 0 Å². The van der Waals surface area contributed by atoms with Crippen LogP contribution in [0.1, 0.15) is 24.1 Å². The molecule has 0 bridgehead atoms. The van der Waals surface area contributed by atoms with Gasteiger partial charge in [0.25, 0.3) is 0 Å². The topological polar surface area (TPSA) is 88.3 Å². The molecule has 0 saturated carbocycles. The van der Waals surface area contributed by atoms with Gasteiger partial charge < -0.3 is 5.11 Å². The monoisotopic (exact) mass is 364 g/mol. The molecule has 0 atom stereocenters. The van der Waals surface area contributed by atoms with E-state index >= 15 is 0 Å². The van der Waals surface area contributed by atoms with E-state index in [0.717, 1.165) is 31.5 Å². The minimum atomic E-state index is -2.85. The second-order valence-electron chi connectivity index (χ2n) is 6.50. The summed E-state index contributed by atoms with van der Waals surface area (Å²) in [7, 11) is -2.85. The zero-order valence-electron chi connectivity index (χ0n) is 14.2. The fraction of sp³-hybridized carbons (Fsp3) is 0.529. The Morgan fingerprint density at radius 2 is 1.80 bits per heavy atom. The number of nitrogens with zero attached hydrogens (tertiary/aromatic N) is 4. The number of unbranched alkanes of at least 4 members (excludes halogenated alkanes) is 1. The van der Waals surface area contributed by atoms with Gasteiger partial charge >= 0.3 is 0 Å². The molecule has 1 aliphatic heterocycles. The minimum absolute atomic E-state index is 0.237. The maximum absolute atomic E-state index is 11.5. The van der Waals surface area contributed by atoms with Gasteiger partial charge in [0.05, 0.1) is 23.4 Å². The lowest BCUT2D eigenvalue weighted by Gasteiger charge is -2.26. The molecular formula is C17H24N4O3S. The van der Waals surface area contributed by atoms with Crippen molar-refractivity contribution in [2.75, 3.05) is 24.6 Å². The van der Waals surface area contributed by atoms with Crippen LogP contribution in [-0.4, -0.2) is 58.0 Å². The van der Waals surface area contributed by atoms with Gasteiger partial charge in [-0.25, -0.2) is 13.1 Å². The number of sulfone groups is 1. The van der Waals surface area contributed by atoms with E-state index in [9.17, 15) is 13.5 Å². The van der Waals surface area contributed by atoms with E-state index in [-0.39, 0.29) is 11.5 Å². The van der Waals surface area contributed by atoms with E-state index in [0.29, 0.717) is 25.4 Å². The number of phenolic OH excluding ortho intramolecular Hbond substituents is 1. The van der Waals surface area contributed by atoms with Crippen LogP contribution >= 0.6 is 0 Å². The van der Waals surface area contributed by atoms with Gasteiger partial charge in [0.2, 0.25) is 0 Å². The molecule has 1 aromatic carbocycles. The van der Waals surface area contributed by atoms with Crippen LogP contribution in [0.4, 0.5) is 0 Å². The molecule has 1 fully saturated rings. The third-order valence-corrected chi connectivity index (χ3v) is 6.15. The average Bonchev–Trinajstić information content (AvgIpc) is 3.02. The zero-order valence-corrected chi connectivity index (χ0v) is 15.0. The van der Waals surface area contributed by atoms with Crippen molar-refractivity contribution in [3.8, 4) is 5.75 Å². The van der Waals surface area contributed by atoms with E-state index in [2.05, 4.69) is 15.2 Å². The molecule has 0 unspecified atom stereocenters. The first-order chi connectivity index (χ1) is 12.0. The molecule has 0 aliphatic carbocycles. The quantitative estimate of drug-likeness (QED) is 0.744. The predicted octanol–water partition coefficient (Wildman–Crippen LogP) is 1.24. The summed E-state index contributed by atoms with van der Waals surface area (Å²) < 4.78 is 24.9. The molecule has 0 amide bonds. The van der Waals surface area contributed by atoms with E-state index in [1.807, 2.05) is 16.8 Å². The SMILES string of the molecule is O=S1(=O)CCN(Cc2cnnn2CCCCc2ccc(O)cc2)CC1. The van der Waals surface area contributed by atoms with Gasteiger partial charge in [-0.2, -0.15) is 0 Å². The summed E-state index contributed by atoms with van der Waals surface area (Å²) in [4.78, 5) is 2.15. The van der Waals surface area contributed by atoms with Gasteiger partial charge in [0, 0.05) is 26.2 Å². The summed E-state index contributed by atoms with van der Waals surface area (Å²) in [6, 6.07) is 7.31. The standard InChI is InChI=1S/C17H24N4O3S/c22-17-6-4-15(5-7-17)3-1-2-8-21-16(13-18-19-21)14-20-9-11-25(23,24)12-10-20/h4-7,13,22H,1-3,8-12,14H2. The van der Waals surface area contributed by atoms with Crippen LogP contribution in [-0.2, 0) is 29.3 Å². The highest BCUT2D eigenvalue weighted by Gasteiger charge is 2.22. The highest BCUT2D eigenvalue weighted by atomic mass is 32.2. The van der Waals surface area contributed by atoms with Gasteiger partial charge in [-0.3, -0.25) is 4.90 Å². The molecule has 2 heterocycles. The van der Waals surface area contributed by atoms with Crippen LogP contribution in [0.25, 0.3) is 0 Å². The lowest BCUT2D eigenvalue weighted by Crippen LogP contribution is -2.40. The fourth-order valence-corrected chi connectivity index (χ4v) is 4.26. The molecule has 25 heavy (non-hydrogen) atoms. The third kappa shape index (κ3) is 5.27. The van der Waals surface area contributed by atoms with Crippen molar-refractivity contribution in [3.63, 3.8) is 0 Å². The van der Waals surface area contributed by atoms with Gasteiger partial charge in [-0.05, 0) is 37.0 Å². The van der Waals surface area contributed by atoms with Gasteiger partial charge in [0.1, 0.15) is 5.75 Å². The molecule has 0 radical (unpaired) electrons. The molecule has 3 rings (SSSR count). The maximum Gasteiger partial charge on any atom is 0.152 e. The first-order valence-corrected chi connectivity index (χ1v) is 10.4. The summed E-state index contributed by atoms with van der Waals surface area (Å²) in [6.07, 6.45) is 4.76. The van der Waals surface area contributed by atoms with E-state index in [1.54, 1.807) is 18.3 Å². The number of aromatic nitrogens is 3. The summed E-state index contributed by atoms with van der Waals surface area (Å²) >= 11 is 0. The highest BCUT2D eigenvalue weighted by Crippen LogP contribution is 2.13. The van der Waals surface area contributed by atoms with Crippen molar-refractivity contribution < 1.29 is 13.5 Å². The first kappa shape index (κ1) is 17.9. The van der Waals surface area contributed by atoms with Crippen molar-refractivity contribution >= 4 is 9.84 Å². The smallest absolute Gasteiger partial charge is 0.152 e. The Morgan fingerprint density at radius 1 is 1.08 bits per heavy atom. The molecule has 2 aromatic rings. The van der Waals surface area contributed by atoms with Crippen molar-refractivity contribution in [3.05, 3.63) is 41.7 Å². The van der Waals surface area contributed by atoms with Crippen molar-refractivity contribution in [2.24, 2.45) is 0 Å².